The first kappa shape index (κ1) is 9.97. The van der Waals surface area contributed by atoms with Crippen molar-refractivity contribution in [3.63, 3.8) is 0 Å². The van der Waals surface area contributed by atoms with Gasteiger partial charge in [0.05, 0.1) is 11.8 Å². The van der Waals surface area contributed by atoms with E-state index in [9.17, 15) is 0 Å². The van der Waals surface area contributed by atoms with Gasteiger partial charge in [0, 0.05) is 13.2 Å². The van der Waals surface area contributed by atoms with Crippen molar-refractivity contribution in [2.24, 2.45) is 0 Å². The maximum atomic E-state index is 5.80. The first-order valence-electron chi connectivity index (χ1n) is 5.98. The lowest BCUT2D eigenvalue weighted by Gasteiger charge is -2.25. The maximum Gasteiger partial charge on any atom is 0.169 e. The molecular weight excluding hydrogens is 202 g/mol. The van der Waals surface area contributed by atoms with E-state index in [2.05, 4.69) is 24.0 Å². The lowest BCUT2D eigenvalue weighted by Crippen LogP contribution is -2.37. The van der Waals surface area contributed by atoms with Crippen molar-refractivity contribution in [1.29, 1.82) is 0 Å². The van der Waals surface area contributed by atoms with E-state index in [1.807, 2.05) is 12.1 Å². The van der Waals surface area contributed by atoms with Crippen molar-refractivity contribution in [1.82, 2.24) is 0 Å². The van der Waals surface area contributed by atoms with Crippen molar-refractivity contribution >= 4 is 5.69 Å². The molecule has 2 aliphatic heterocycles. The average molecular weight is 219 g/mol. The van der Waals surface area contributed by atoms with E-state index in [0.717, 1.165) is 18.9 Å². The van der Waals surface area contributed by atoms with Crippen molar-refractivity contribution in [3.8, 4) is 5.75 Å². The predicted octanol–water partition coefficient (Wildman–Crippen LogP) is 2.41. The van der Waals surface area contributed by atoms with Gasteiger partial charge < -0.3 is 14.4 Å². The van der Waals surface area contributed by atoms with Crippen LogP contribution in [0.4, 0.5) is 5.69 Å². The lowest BCUT2D eigenvalue weighted by molar-refractivity contribution is 0.108. The standard InChI is InChI=1S/C13H17NO2/c1-10-14(9-11-5-4-8-15-11)12-6-2-3-7-13(12)16-10/h2-3,6-7,10-11H,4-5,8-9H2,1H3. The Bertz CT molecular complexity index is 374. The smallest absolute Gasteiger partial charge is 0.169 e. The fourth-order valence-electron chi connectivity index (χ4n) is 2.49. The number of nitrogens with zero attached hydrogens (tertiary/aromatic N) is 1. The molecule has 2 heterocycles. The molecule has 2 unspecified atom stereocenters. The highest BCUT2D eigenvalue weighted by Gasteiger charge is 2.30. The van der Waals surface area contributed by atoms with Gasteiger partial charge in [-0.05, 0) is 31.9 Å². The minimum Gasteiger partial charge on any atom is -0.469 e. The number of fused-ring (bicyclic) bond motifs is 1. The van der Waals surface area contributed by atoms with E-state index in [0.29, 0.717) is 6.10 Å². The van der Waals surface area contributed by atoms with Gasteiger partial charge in [0.1, 0.15) is 5.75 Å². The van der Waals surface area contributed by atoms with Gasteiger partial charge in [-0.2, -0.15) is 0 Å². The molecule has 0 spiro atoms. The van der Waals surface area contributed by atoms with E-state index < -0.39 is 0 Å². The van der Waals surface area contributed by atoms with E-state index >= 15 is 0 Å². The maximum absolute atomic E-state index is 5.80. The van der Waals surface area contributed by atoms with Gasteiger partial charge in [-0.15, -0.1) is 0 Å². The summed E-state index contributed by atoms with van der Waals surface area (Å²) in [6.07, 6.45) is 2.86. The van der Waals surface area contributed by atoms with Crippen molar-refractivity contribution in [3.05, 3.63) is 24.3 Å². The highest BCUT2D eigenvalue weighted by atomic mass is 16.5. The molecule has 0 saturated carbocycles. The van der Waals surface area contributed by atoms with Gasteiger partial charge in [0.2, 0.25) is 0 Å². The van der Waals surface area contributed by atoms with Crippen molar-refractivity contribution in [2.45, 2.75) is 32.1 Å². The van der Waals surface area contributed by atoms with Crippen molar-refractivity contribution in [2.75, 3.05) is 18.1 Å². The van der Waals surface area contributed by atoms with Gasteiger partial charge in [-0.25, -0.2) is 0 Å². The van der Waals surface area contributed by atoms with E-state index in [1.165, 1.54) is 18.5 Å². The number of ether oxygens (including phenoxy) is 2. The Morgan fingerprint density at radius 3 is 3.06 bits per heavy atom. The van der Waals surface area contributed by atoms with Crippen LogP contribution in [0.3, 0.4) is 0 Å². The average Bonchev–Trinajstić information content (AvgIpc) is 2.89. The minimum absolute atomic E-state index is 0.126. The first-order valence-corrected chi connectivity index (χ1v) is 5.98. The molecule has 0 bridgehead atoms. The van der Waals surface area contributed by atoms with E-state index in [1.54, 1.807) is 0 Å². The summed E-state index contributed by atoms with van der Waals surface area (Å²) in [5.74, 6) is 0.994. The largest absolute Gasteiger partial charge is 0.469 e. The second-order valence-corrected chi connectivity index (χ2v) is 4.47. The zero-order valence-corrected chi connectivity index (χ0v) is 9.56. The number of rotatable bonds is 2. The zero-order chi connectivity index (χ0) is 11.0. The Kier molecular flexibility index (Phi) is 2.48. The zero-order valence-electron chi connectivity index (χ0n) is 9.56. The third kappa shape index (κ3) is 1.65. The molecule has 3 rings (SSSR count). The first-order chi connectivity index (χ1) is 7.84. The SMILES string of the molecule is CC1Oc2ccccc2N1CC1CCCO1. The Labute approximate surface area is 96.0 Å². The van der Waals surface area contributed by atoms with Gasteiger partial charge >= 0.3 is 0 Å². The minimum atomic E-state index is 0.126. The highest BCUT2D eigenvalue weighted by Crippen LogP contribution is 2.37. The number of para-hydroxylation sites is 2. The number of benzene rings is 1. The third-order valence-electron chi connectivity index (χ3n) is 3.34. The Morgan fingerprint density at radius 1 is 1.38 bits per heavy atom. The molecule has 0 aliphatic carbocycles. The van der Waals surface area contributed by atoms with Crippen LogP contribution in [0.25, 0.3) is 0 Å². The Hall–Kier alpha value is -1.22. The fourth-order valence-corrected chi connectivity index (χ4v) is 2.49. The Morgan fingerprint density at radius 2 is 2.25 bits per heavy atom. The molecule has 0 amide bonds. The summed E-state index contributed by atoms with van der Waals surface area (Å²) < 4.78 is 11.5. The molecule has 86 valence electrons. The molecular formula is C13H17NO2. The van der Waals surface area contributed by atoms with Crippen LogP contribution in [0.1, 0.15) is 19.8 Å². The molecule has 1 fully saturated rings. The van der Waals surface area contributed by atoms with Crippen LogP contribution in [-0.4, -0.2) is 25.5 Å². The molecule has 0 N–H and O–H groups in total. The van der Waals surface area contributed by atoms with Crippen LogP contribution in [-0.2, 0) is 4.74 Å². The molecule has 0 aromatic heterocycles. The van der Waals surface area contributed by atoms with Gasteiger partial charge in [0.25, 0.3) is 0 Å². The normalized spacial score (nSPS) is 27.9. The third-order valence-corrected chi connectivity index (χ3v) is 3.34. The molecule has 3 nitrogen and oxygen atoms in total. The second-order valence-electron chi connectivity index (χ2n) is 4.47. The van der Waals surface area contributed by atoms with Gasteiger partial charge in [0.15, 0.2) is 6.23 Å². The fraction of sp³-hybridized carbons (Fsp3) is 0.538. The summed E-state index contributed by atoms with van der Waals surface area (Å²) in [5, 5.41) is 0. The quantitative estimate of drug-likeness (QED) is 0.762. The van der Waals surface area contributed by atoms with Crippen LogP contribution in [0, 0.1) is 0 Å². The summed E-state index contributed by atoms with van der Waals surface area (Å²) in [4.78, 5) is 2.30. The van der Waals surface area contributed by atoms with Gasteiger partial charge in [-0.1, -0.05) is 12.1 Å². The number of hydrogen-bond donors (Lipinski definition) is 0. The van der Waals surface area contributed by atoms with Crippen LogP contribution < -0.4 is 9.64 Å². The summed E-state index contributed by atoms with van der Waals surface area (Å²) in [6.45, 7) is 3.95. The number of anilines is 1. The van der Waals surface area contributed by atoms with Crippen LogP contribution in [0.5, 0.6) is 5.75 Å². The molecule has 1 saturated heterocycles. The molecule has 2 aliphatic rings. The van der Waals surface area contributed by atoms with Crippen LogP contribution >= 0.6 is 0 Å². The number of hydrogen-bond acceptors (Lipinski definition) is 3. The molecule has 0 radical (unpaired) electrons. The lowest BCUT2D eigenvalue weighted by atomic mass is 10.2. The highest BCUT2D eigenvalue weighted by molar-refractivity contribution is 5.62. The molecule has 3 heteroatoms. The molecule has 2 atom stereocenters. The Balaban J connectivity index is 1.79. The topological polar surface area (TPSA) is 21.7 Å². The van der Waals surface area contributed by atoms with Crippen molar-refractivity contribution < 1.29 is 9.47 Å². The molecule has 16 heavy (non-hydrogen) atoms. The summed E-state index contributed by atoms with van der Waals surface area (Å²) in [6, 6.07) is 8.22. The predicted molar refractivity (Wildman–Crippen MR) is 62.9 cm³/mol. The summed E-state index contributed by atoms with van der Waals surface area (Å²) >= 11 is 0. The van der Waals surface area contributed by atoms with E-state index in [4.69, 9.17) is 9.47 Å². The monoisotopic (exact) mass is 219 g/mol. The van der Waals surface area contributed by atoms with Crippen LogP contribution in [0.15, 0.2) is 24.3 Å². The van der Waals surface area contributed by atoms with E-state index in [-0.39, 0.29) is 6.23 Å². The second kappa shape index (κ2) is 3.98. The molecule has 1 aromatic rings. The van der Waals surface area contributed by atoms with Gasteiger partial charge in [-0.3, -0.25) is 0 Å². The summed E-state index contributed by atoms with van der Waals surface area (Å²) in [7, 11) is 0. The summed E-state index contributed by atoms with van der Waals surface area (Å²) in [5.41, 5.74) is 1.20. The molecule has 1 aromatic carbocycles. The van der Waals surface area contributed by atoms with Crippen LogP contribution in [0.2, 0.25) is 0 Å².